The summed E-state index contributed by atoms with van der Waals surface area (Å²) in [5, 5.41) is 4.40. The van der Waals surface area contributed by atoms with Crippen molar-refractivity contribution < 1.29 is 4.39 Å². The molecule has 0 atom stereocenters. The van der Waals surface area contributed by atoms with Gasteiger partial charge in [-0.25, -0.2) is 4.39 Å². The highest BCUT2D eigenvalue weighted by molar-refractivity contribution is 8.14. The Balaban J connectivity index is 1.65. The number of anilines is 1. The summed E-state index contributed by atoms with van der Waals surface area (Å²) in [6.07, 6.45) is 0. The molecule has 0 bridgehead atoms. The van der Waals surface area contributed by atoms with E-state index in [2.05, 4.69) is 15.2 Å². The van der Waals surface area contributed by atoms with Crippen LogP contribution in [-0.4, -0.2) is 34.1 Å². The van der Waals surface area contributed by atoms with Crippen molar-refractivity contribution in [2.75, 3.05) is 29.4 Å². The van der Waals surface area contributed by atoms with Crippen LogP contribution in [0.15, 0.2) is 17.1 Å². The van der Waals surface area contributed by atoms with Crippen molar-refractivity contribution in [3.05, 3.63) is 28.5 Å². The van der Waals surface area contributed by atoms with Crippen molar-refractivity contribution in [1.29, 1.82) is 0 Å². The Morgan fingerprint density at radius 2 is 2.42 bits per heavy atom. The smallest absolute Gasteiger partial charge is 0.162 e. The molecule has 0 unspecified atom stereocenters. The molecule has 2 heterocycles. The molecular weight excluding hydrogens is 305 g/mol. The van der Waals surface area contributed by atoms with Crippen molar-refractivity contribution in [2.24, 2.45) is 4.99 Å². The van der Waals surface area contributed by atoms with Crippen LogP contribution >= 0.6 is 35.1 Å². The van der Waals surface area contributed by atoms with Crippen LogP contribution in [0.25, 0.3) is 0 Å². The van der Waals surface area contributed by atoms with Gasteiger partial charge in [0.05, 0.1) is 12.4 Å². The first kappa shape index (κ1) is 13.5. The molecule has 1 fully saturated rings. The predicted octanol–water partition coefficient (Wildman–Crippen LogP) is 3.46. The van der Waals surface area contributed by atoms with Gasteiger partial charge in [0.25, 0.3) is 0 Å². The minimum atomic E-state index is -0.293. The number of benzene rings is 1. The Hall–Kier alpha value is -0.430. The molecule has 1 N–H and O–H groups in total. The summed E-state index contributed by atoms with van der Waals surface area (Å²) in [5.74, 6) is 2.90. The van der Waals surface area contributed by atoms with Gasteiger partial charge in [0.1, 0.15) is 5.82 Å². The van der Waals surface area contributed by atoms with Gasteiger partial charge in [-0.2, -0.15) is 0 Å². The first-order valence-corrected chi connectivity index (χ1v) is 8.46. The highest BCUT2D eigenvalue weighted by Crippen LogP contribution is 2.29. The number of rotatable bonds is 2. The molecule has 1 aromatic carbocycles. The van der Waals surface area contributed by atoms with Crippen molar-refractivity contribution in [1.82, 2.24) is 4.90 Å². The Kier molecular flexibility index (Phi) is 4.21. The van der Waals surface area contributed by atoms with E-state index in [1.165, 1.54) is 11.8 Å². The monoisotopic (exact) mass is 317 g/mol. The Labute approximate surface area is 125 Å². The minimum Gasteiger partial charge on any atom is -0.335 e. The van der Waals surface area contributed by atoms with Gasteiger partial charge in [0, 0.05) is 34.4 Å². The van der Waals surface area contributed by atoms with E-state index in [4.69, 9.17) is 11.6 Å². The lowest BCUT2D eigenvalue weighted by Crippen LogP contribution is -2.23. The summed E-state index contributed by atoms with van der Waals surface area (Å²) < 4.78 is 13.7. The zero-order valence-corrected chi connectivity index (χ0v) is 12.5. The SMILES string of the molecule is Fc1cc(Cl)cc2c1CN=C(SCN1CCSC1)N2. The Morgan fingerprint density at radius 1 is 1.53 bits per heavy atom. The van der Waals surface area contributed by atoms with Crippen LogP contribution in [0.1, 0.15) is 5.56 Å². The highest BCUT2D eigenvalue weighted by atomic mass is 35.5. The lowest BCUT2D eigenvalue weighted by Gasteiger charge is -2.20. The zero-order valence-electron chi connectivity index (χ0n) is 10.2. The summed E-state index contributed by atoms with van der Waals surface area (Å²) in [5.41, 5.74) is 1.32. The van der Waals surface area contributed by atoms with E-state index in [0.717, 1.165) is 29.2 Å². The van der Waals surface area contributed by atoms with Gasteiger partial charge in [0.15, 0.2) is 5.17 Å². The van der Waals surface area contributed by atoms with Gasteiger partial charge in [0.2, 0.25) is 0 Å². The van der Waals surface area contributed by atoms with Crippen LogP contribution < -0.4 is 5.32 Å². The van der Waals surface area contributed by atoms with Crippen molar-refractivity contribution >= 4 is 46.0 Å². The lowest BCUT2D eigenvalue weighted by molar-refractivity contribution is 0.422. The Bertz CT molecular complexity index is 518. The fraction of sp³-hybridized carbons (Fsp3) is 0.417. The van der Waals surface area contributed by atoms with Crippen molar-refractivity contribution in [2.45, 2.75) is 6.54 Å². The summed E-state index contributed by atoms with van der Waals surface area (Å²) in [4.78, 5) is 6.74. The van der Waals surface area contributed by atoms with Gasteiger partial charge in [-0.1, -0.05) is 23.4 Å². The van der Waals surface area contributed by atoms with Crippen molar-refractivity contribution in [3.8, 4) is 0 Å². The zero-order chi connectivity index (χ0) is 13.2. The number of halogens is 2. The normalized spacial score (nSPS) is 18.9. The quantitative estimate of drug-likeness (QED) is 0.904. The molecule has 1 saturated heterocycles. The van der Waals surface area contributed by atoms with Crippen LogP contribution in [0.5, 0.6) is 0 Å². The third kappa shape index (κ3) is 3.18. The molecule has 1 aromatic rings. The van der Waals surface area contributed by atoms with Gasteiger partial charge in [-0.05, 0) is 12.1 Å². The minimum absolute atomic E-state index is 0.293. The van der Waals surface area contributed by atoms with Crippen LogP contribution in [0, 0.1) is 5.82 Å². The third-order valence-corrected chi connectivity index (χ3v) is 5.23. The van der Waals surface area contributed by atoms with E-state index < -0.39 is 0 Å². The molecular formula is C12H13ClFN3S2. The van der Waals surface area contributed by atoms with E-state index in [1.54, 1.807) is 17.8 Å². The lowest BCUT2D eigenvalue weighted by atomic mass is 10.1. The summed E-state index contributed by atoms with van der Waals surface area (Å²) in [7, 11) is 0. The molecule has 0 aliphatic carbocycles. The van der Waals surface area contributed by atoms with E-state index in [-0.39, 0.29) is 5.82 Å². The summed E-state index contributed by atoms with van der Waals surface area (Å²) in [6, 6.07) is 3.08. The largest absolute Gasteiger partial charge is 0.335 e. The van der Waals surface area contributed by atoms with Gasteiger partial charge in [-0.15, -0.1) is 11.8 Å². The maximum atomic E-state index is 13.7. The van der Waals surface area contributed by atoms with Gasteiger partial charge >= 0.3 is 0 Å². The number of thioether (sulfide) groups is 2. The molecule has 19 heavy (non-hydrogen) atoms. The third-order valence-electron chi connectivity index (χ3n) is 2.99. The van der Waals surface area contributed by atoms with Gasteiger partial charge < -0.3 is 5.32 Å². The molecule has 0 spiro atoms. The van der Waals surface area contributed by atoms with E-state index in [0.29, 0.717) is 17.1 Å². The predicted molar refractivity (Wildman–Crippen MR) is 82.7 cm³/mol. The number of hydrogen-bond acceptors (Lipinski definition) is 5. The molecule has 3 nitrogen and oxygen atoms in total. The number of aliphatic imine (C=N–C) groups is 1. The molecule has 7 heteroatoms. The fourth-order valence-electron chi connectivity index (χ4n) is 1.97. The van der Waals surface area contributed by atoms with Crippen molar-refractivity contribution in [3.63, 3.8) is 0 Å². The van der Waals surface area contributed by atoms with Crippen LogP contribution in [-0.2, 0) is 6.54 Å². The number of amidine groups is 1. The standard InChI is InChI=1S/C12H13ClFN3S2/c13-8-3-10(14)9-5-15-12(16-11(9)4-8)19-7-17-1-2-18-6-17/h3-4H,1-2,5-7H2,(H,15,16). The van der Waals surface area contributed by atoms with Crippen LogP contribution in [0.2, 0.25) is 5.02 Å². The summed E-state index contributed by atoms with van der Waals surface area (Å²) >= 11 is 9.48. The molecule has 2 aliphatic heterocycles. The Morgan fingerprint density at radius 3 is 3.21 bits per heavy atom. The topological polar surface area (TPSA) is 27.6 Å². The first-order chi connectivity index (χ1) is 9.22. The molecule has 0 radical (unpaired) electrons. The number of hydrogen-bond donors (Lipinski definition) is 1. The van der Waals surface area contributed by atoms with Gasteiger partial charge in [-0.3, -0.25) is 9.89 Å². The number of fused-ring (bicyclic) bond motifs is 1. The molecule has 0 aromatic heterocycles. The van der Waals surface area contributed by atoms with Crippen LogP contribution in [0.3, 0.4) is 0 Å². The van der Waals surface area contributed by atoms with E-state index >= 15 is 0 Å². The second-order valence-electron chi connectivity index (χ2n) is 4.37. The maximum Gasteiger partial charge on any atom is 0.162 e. The number of nitrogens with zero attached hydrogens (tertiary/aromatic N) is 2. The van der Waals surface area contributed by atoms with E-state index in [9.17, 15) is 4.39 Å². The molecule has 2 aliphatic rings. The second-order valence-corrected chi connectivity index (χ2v) is 6.81. The van der Waals surface area contributed by atoms with Crippen LogP contribution in [0.4, 0.5) is 10.1 Å². The molecule has 0 amide bonds. The maximum absolute atomic E-state index is 13.7. The molecule has 0 saturated carbocycles. The highest BCUT2D eigenvalue weighted by Gasteiger charge is 2.18. The first-order valence-electron chi connectivity index (χ1n) is 5.94. The average molecular weight is 318 g/mol. The second kappa shape index (κ2) is 5.91. The number of nitrogens with one attached hydrogen (secondary N) is 1. The average Bonchev–Trinajstić information content (AvgIpc) is 2.88. The molecule has 102 valence electrons. The molecule has 3 rings (SSSR count). The van der Waals surface area contributed by atoms with E-state index in [1.807, 2.05) is 11.8 Å². The summed E-state index contributed by atoms with van der Waals surface area (Å²) in [6.45, 7) is 1.50. The fourth-order valence-corrected chi connectivity index (χ4v) is 4.15.